The van der Waals surface area contributed by atoms with E-state index in [0.717, 1.165) is 11.1 Å². The van der Waals surface area contributed by atoms with Gasteiger partial charge in [0.25, 0.3) is 5.91 Å². The molecule has 0 aliphatic carbocycles. The van der Waals surface area contributed by atoms with Crippen LogP contribution in [0.4, 0.5) is 0 Å². The van der Waals surface area contributed by atoms with E-state index in [1.54, 1.807) is 24.3 Å². The zero-order valence-corrected chi connectivity index (χ0v) is 12.9. The van der Waals surface area contributed by atoms with Crippen molar-refractivity contribution in [1.82, 2.24) is 5.32 Å². The quantitative estimate of drug-likeness (QED) is 0.862. The summed E-state index contributed by atoms with van der Waals surface area (Å²) in [6.07, 6.45) is -0.677. The molecule has 1 amide bonds. The SMILES string of the molecule is CCNC(=O)c1ccc(OCC(O)c2ccc(C)cc2)cc1. The summed E-state index contributed by atoms with van der Waals surface area (Å²) in [6, 6.07) is 14.6. The Balaban J connectivity index is 1.91. The van der Waals surface area contributed by atoms with Gasteiger partial charge in [-0.1, -0.05) is 29.8 Å². The molecule has 116 valence electrons. The highest BCUT2D eigenvalue weighted by molar-refractivity contribution is 5.94. The van der Waals surface area contributed by atoms with Gasteiger partial charge in [-0.05, 0) is 43.7 Å². The van der Waals surface area contributed by atoms with E-state index in [1.807, 2.05) is 38.1 Å². The average Bonchev–Trinajstić information content (AvgIpc) is 2.54. The highest BCUT2D eigenvalue weighted by Crippen LogP contribution is 2.17. The molecular weight excluding hydrogens is 278 g/mol. The summed E-state index contributed by atoms with van der Waals surface area (Å²) < 4.78 is 5.57. The molecule has 0 fully saturated rings. The number of hydrogen-bond acceptors (Lipinski definition) is 3. The molecule has 0 radical (unpaired) electrons. The van der Waals surface area contributed by atoms with Crippen LogP contribution in [0.2, 0.25) is 0 Å². The van der Waals surface area contributed by atoms with Crippen LogP contribution in [-0.4, -0.2) is 24.2 Å². The van der Waals surface area contributed by atoms with Crippen molar-refractivity contribution in [1.29, 1.82) is 0 Å². The van der Waals surface area contributed by atoms with E-state index >= 15 is 0 Å². The van der Waals surface area contributed by atoms with Gasteiger partial charge in [0.2, 0.25) is 0 Å². The van der Waals surface area contributed by atoms with Gasteiger partial charge in [-0.3, -0.25) is 4.79 Å². The minimum atomic E-state index is -0.677. The lowest BCUT2D eigenvalue weighted by molar-refractivity contribution is 0.0955. The van der Waals surface area contributed by atoms with Crippen molar-refractivity contribution in [3.05, 3.63) is 65.2 Å². The number of carbonyl (C=O) groups excluding carboxylic acids is 1. The molecule has 0 aliphatic rings. The van der Waals surface area contributed by atoms with Crippen molar-refractivity contribution < 1.29 is 14.6 Å². The number of aliphatic hydroxyl groups excluding tert-OH is 1. The van der Waals surface area contributed by atoms with E-state index < -0.39 is 6.10 Å². The van der Waals surface area contributed by atoms with Crippen LogP contribution in [0.5, 0.6) is 5.75 Å². The molecule has 0 saturated heterocycles. The number of nitrogens with one attached hydrogen (secondary N) is 1. The number of aliphatic hydroxyl groups is 1. The summed E-state index contributed by atoms with van der Waals surface area (Å²) in [4.78, 5) is 11.6. The van der Waals surface area contributed by atoms with Gasteiger partial charge in [0.05, 0.1) is 0 Å². The van der Waals surface area contributed by atoms with E-state index in [0.29, 0.717) is 17.9 Å². The van der Waals surface area contributed by atoms with Gasteiger partial charge in [0, 0.05) is 12.1 Å². The summed E-state index contributed by atoms with van der Waals surface area (Å²) >= 11 is 0. The number of rotatable bonds is 6. The Labute approximate surface area is 130 Å². The van der Waals surface area contributed by atoms with E-state index in [4.69, 9.17) is 4.74 Å². The molecule has 2 aromatic carbocycles. The lowest BCUT2D eigenvalue weighted by Gasteiger charge is -2.13. The van der Waals surface area contributed by atoms with Crippen molar-refractivity contribution in [3.63, 3.8) is 0 Å². The standard InChI is InChI=1S/C18H21NO3/c1-3-19-18(21)15-8-10-16(11-9-15)22-12-17(20)14-6-4-13(2)5-7-14/h4-11,17,20H,3,12H2,1-2H3,(H,19,21). The second-order valence-corrected chi connectivity index (χ2v) is 5.12. The van der Waals surface area contributed by atoms with E-state index in [9.17, 15) is 9.90 Å². The van der Waals surface area contributed by atoms with Crippen LogP contribution >= 0.6 is 0 Å². The van der Waals surface area contributed by atoms with Gasteiger partial charge in [0.1, 0.15) is 18.5 Å². The maximum Gasteiger partial charge on any atom is 0.251 e. The van der Waals surface area contributed by atoms with E-state index in [-0.39, 0.29) is 12.5 Å². The van der Waals surface area contributed by atoms with Crippen LogP contribution in [0.1, 0.15) is 34.5 Å². The van der Waals surface area contributed by atoms with Crippen molar-refractivity contribution >= 4 is 5.91 Å². The normalized spacial score (nSPS) is 11.8. The number of carbonyl (C=O) groups is 1. The number of hydrogen-bond donors (Lipinski definition) is 2. The Morgan fingerprint density at radius 2 is 1.77 bits per heavy atom. The summed E-state index contributed by atoms with van der Waals surface area (Å²) in [6.45, 7) is 4.65. The molecule has 4 nitrogen and oxygen atoms in total. The van der Waals surface area contributed by atoms with Crippen LogP contribution in [0, 0.1) is 6.92 Å². The monoisotopic (exact) mass is 299 g/mol. The summed E-state index contributed by atoms with van der Waals surface area (Å²) in [5, 5.41) is 12.8. The third-order valence-corrected chi connectivity index (χ3v) is 3.32. The molecule has 2 rings (SSSR count). The molecule has 0 saturated carbocycles. The minimum absolute atomic E-state index is 0.103. The molecule has 0 bridgehead atoms. The van der Waals surface area contributed by atoms with Crippen molar-refractivity contribution in [2.45, 2.75) is 20.0 Å². The Kier molecular flexibility index (Phi) is 5.55. The second-order valence-electron chi connectivity index (χ2n) is 5.12. The van der Waals surface area contributed by atoms with Crippen LogP contribution < -0.4 is 10.1 Å². The first kappa shape index (κ1) is 16.0. The lowest BCUT2D eigenvalue weighted by Crippen LogP contribution is -2.22. The molecule has 1 unspecified atom stereocenters. The van der Waals surface area contributed by atoms with Gasteiger partial charge in [-0.2, -0.15) is 0 Å². The second kappa shape index (κ2) is 7.61. The molecule has 0 spiro atoms. The summed E-state index contributed by atoms with van der Waals surface area (Å²) in [7, 11) is 0. The van der Waals surface area contributed by atoms with Gasteiger partial charge in [0.15, 0.2) is 0 Å². The Bertz CT molecular complexity index is 605. The fourth-order valence-electron chi connectivity index (χ4n) is 2.03. The Morgan fingerprint density at radius 3 is 2.36 bits per heavy atom. The first-order valence-corrected chi connectivity index (χ1v) is 7.36. The third-order valence-electron chi connectivity index (χ3n) is 3.32. The molecule has 2 N–H and O–H groups in total. The number of ether oxygens (including phenoxy) is 1. The fourth-order valence-corrected chi connectivity index (χ4v) is 2.03. The predicted molar refractivity (Wildman–Crippen MR) is 86.1 cm³/mol. The Morgan fingerprint density at radius 1 is 1.14 bits per heavy atom. The molecule has 22 heavy (non-hydrogen) atoms. The number of benzene rings is 2. The predicted octanol–water partition coefficient (Wildman–Crippen LogP) is 2.86. The number of aryl methyl sites for hydroxylation is 1. The molecule has 4 heteroatoms. The highest BCUT2D eigenvalue weighted by Gasteiger charge is 2.09. The first-order valence-electron chi connectivity index (χ1n) is 7.36. The molecule has 0 heterocycles. The largest absolute Gasteiger partial charge is 0.491 e. The first-order chi connectivity index (χ1) is 10.6. The third kappa shape index (κ3) is 4.33. The van der Waals surface area contributed by atoms with E-state index in [1.165, 1.54) is 0 Å². The Hall–Kier alpha value is -2.33. The molecule has 2 aromatic rings. The van der Waals surface area contributed by atoms with Crippen molar-refractivity contribution in [2.75, 3.05) is 13.2 Å². The summed E-state index contributed by atoms with van der Waals surface area (Å²) in [5.41, 5.74) is 2.57. The van der Waals surface area contributed by atoms with E-state index in [2.05, 4.69) is 5.32 Å². The smallest absolute Gasteiger partial charge is 0.251 e. The lowest BCUT2D eigenvalue weighted by atomic mass is 10.1. The van der Waals surface area contributed by atoms with Gasteiger partial charge >= 0.3 is 0 Å². The molecule has 0 aromatic heterocycles. The topological polar surface area (TPSA) is 58.6 Å². The fraction of sp³-hybridized carbons (Fsp3) is 0.278. The van der Waals surface area contributed by atoms with Crippen LogP contribution in [0.25, 0.3) is 0 Å². The molecule has 1 atom stereocenters. The minimum Gasteiger partial charge on any atom is -0.491 e. The van der Waals surface area contributed by atoms with Gasteiger partial charge < -0.3 is 15.2 Å². The number of amides is 1. The van der Waals surface area contributed by atoms with Crippen LogP contribution in [-0.2, 0) is 0 Å². The zero-order chi connectivity index (χ0) is 15.9. The summed E-state index contributed by atoms with van der Waals surface area (Å²) in [5.74, 6) is 0.521. The maximum atomic E-state index is 11.6. The highest BCUT2D eigenvalue weighted by atomic mass is 16.5. The van der Waals surface area contributed by atoms with Crippen molar-refractivity contribution in [2.24, 2.45) is 0 Å². The average molecular weight is 299 g/mol. The van der Waals surface area contributed by atoms with Crippen LogP contribution in [0.3, 0.4) is 0 Å². The van der Waals surface area contributed by atoms with Crippen molar-refractivity contribution in [3.8, 4) is 5.75 Å². The van der Waals surface area contributed by atoms with Crippen LogP contribution in [0.15, 0.2) is 48.5 Å². The van der Waals surface area contributed by atoms with Gasteiger partial charge in [-0.15, -0.1) is 0 Å². The molecular formula is C18H21NO3. The molecule has 0 aliphatic heterocycles. The maximum absolute atomic E-state index is 11.6. The zero-order valence-electron chi connectivity index (χ0n) is 12.9. The van der Waals surface area contributed by atoms with Gasteiger partial charge in [-0.25, -0.2) is 0 Å².